The topological polar surface area (TPSA) is 117 Å². The standard InChI is InChI=1S/C37H42N4O6/c1-37(2,3)47-36(45)41-22-25-17-18-26(41)21-40(25)33(42)20-38-34(43)32(19-24-11-5-4-6-12-24)39-35(44)46-23-31-29-15-9-7-13-27(29)28-14-8-10-16-30(28)31/h4-16,25-26,31-32H,17-23H2,1-3H3,(H,38,43)(H,39,44)/t25-,26-,32+/m1/s1. The van der Waals surface area contributed by atoms with E-state index in [1.165, 1.54) is 0 Å². The van der Waals surface area contributed by atoms with E-state index in [1.54, 1.807) is 9.80 Å². The number of rotatable bonds is 8. The third-order valence-corrected chi connectivity index (χ3v) is 9.13. The molecule has 1 aliphatic carbocycles. The third-order valence-electron chi connectivity index (χ3n) is 9.13. The van der Waals surface area contributed by atoms with E-state index in [2.05, 4.69) is 22.8 Å². The van der Waals surface area contributed by atoms with Crippen molar-refractivity contribution in [2.75, 3.05) is 26.2 Å². The minimum atomic E-state index is -0.957. The van der Waals surface area contributed by atoms with E-state index >= 15 is 0 Å². The third kappa shape index (κ3) is 7.26. The van der Waals surface area contributed by atoms with E-state index < -0.39 is 23.6 Å². The second-order valence-corrected chi connectivity index (χ2v) is 13.5. The maximum absolute atomic E-state index is 13.5. The van der Waals surface area contributed by atoms with Crippen molar-refractivity contribution in [1.82, 2.24) is 20.4 Å². The summed E-state index contributed by atoms with van der Waals surface area (Å²) in [4.78, 5) is 56.1. The highest BCUT2D eigenvalue weighted by Crippen LogP contribution is 2.44. The average Bonchev–Trinajstić information content (AvgIpc) is 3.39. The number of hydrogen-bond acceptors (Lipinski definition) is 6. The molecule has 0 unspecified atom stereocenters. The molecule has 7 rings (SSSR count). The zero-order valence-electron chi connectivity index (χ0n) is 27.1. The quantitative estimate of drug-likeness (QED) is 0.364. The minimum Gasteiger partial charge on any atom is -0.449 e. The van der Waals surface area contributed by atoms with Gasteiger partial charge in [0.1, 0.15) is 18.2 Å². The number of nitrogens with zero attached hydrogens (tertiary/aromatic N) is 2. The van der Waals surface area contributed by atoms with Crippen LogP contribution in [0.5, 0.6) is 0 Å². The van der Waals surface area contributed by atoms with Gasteiger partial charge in [-0.3, -0.25) is 9.59 Å². The van der Waals surface area contributed by atoms with Gasteiger partial charge in [0.2, 0.25) is 11.8 Å². The molecule has 0 saturated carbocycles. The van der Waals surface area contributed by atoms with E-state index in [0.29, 0.717) is 13.1 Å². The summed E-state index contributed by atoms with van der Waals surface area (Å²) in [6.07, 6.45) is 0.734. The Hall–Kier alpha value is -4.86. The van der Waals surface area contributed by atoms with Gasteiger partial charge in [0.15, 0.2) is 0 Å². The summed E-state index contributed by atoms with van der Waals surface area (Å²) in [5.74, 6) is -0.817. The summed E-state index contributed by atoms with van der Waals surface area (Å²) in [6, 6.07) is 24.3. The molecule has 4 amide bonds. The van der Waals surface area contributed by atoms with Crippen molar-refractivity contribution in [3.8, 4) is 11.1 Å². The van der Waals surface area contributed by atoms with Gasteiger partial charge in [-0.1, -0.05) is 78.9 Å². The predicted molar refractivity (Wildman–Crippen MR) is 177 cm³/mol. The molecule has 3 atom stereocenters. The smallest absolute Gasteiger partial charge is 0.410 e. The van der Waals surface area contributed by atoms with Gasteiger partial charge in [0.25, 0.3) is 0 Å². The van der Waals surface area contributed by atoms with Crippen LogP contribution in [-0.4, -0.2) is 83.8 Å². The van der Waals surface area contributed by atoms with Crippen molar-refractivity contribution in [1.29, 1.82) is 0 Å². The van der Waals surface area contributed by atoms with Crippen LogP contribution >= 0.6 is 0 Å². The Kier molecular flexibility index (Phi) is 9.20. The molecule has 246 valence electrons. The van der Waals surface area contributed by atoms with Gasteiger partial charge >= 0.3 is 12.2 Å². The van der Waals surface area contributed by atoms with Gasteiger partial charge in [-0.2, -0.15) is 0 Å². The summed E-state index contributed by atoms with van der Waals surface area (Å²) < 4.78 is 11.3. The highest BCUT2D eigenvalue weighted by Gasteiger charge is 2.44. The molecular weight excluding hydrogens is 596 g/mol. The van der Waals surface area contributed by atoms with Crippen molar-refractivity contribution in [2.45, 2.75) is 69.7 Å². The number of carbonyl (C=O) groups excluding carboxylic acids is 4. The van der Waals surface area contributed by atoms with E-state index in [-0.39, 0.29) is 49.6 Å². The number of amides is 4. The van der Waals surface area contributed by atoms with Crippen LogP contribution in [0.1, 0.15) is 56.2 Å². The van der Waals surface area contributed by atoms with Crippen molar-refractivity contribution in [3.63, 3.8) is 0 Å². The highest BCUT2D eigenvalue weighted by atomic mass is 16.6. The lowest BCUT2D eigenvalue weighted by atomic mass is 9.91. The second-order valence-electron chi connectivity index (χ2n) is 13.5. The van der Waals surface area contributed by atoms with Gasteiger partial charge in [0.05, 0.1) is 12.6 Å². The molecule has 3 aliphatic heterocycles. The van der Waals surface area contributed by atoms with Crippen LogP contribution in [0.3, 0.4) is 0 Å². The molecule has 2 N–H and O–H groups in total. The number of alkyl carbamates (subject to hydrolysis) is 1. The van der Waals surface area contributed by atoms with Gasteiger partial charge in [-0.25, -0.2) is 9.59 Å². The lowest BCUT2D eigenvalue weighted by Crippen LogP contribution is -2.66. The highest BCUT2D eigenvalue weighted by molar-refractivity contribution is 5.90. The molecule has 2 bridgehead atoms. The number of piperazine rings is 1. The zero-order valence-corrected chi connectivity index (χ0v) is 27.1. The van der Waals surface area contributed by atoms with E-state index in [1.807, 2.05) is 87.5 Å². The second kappa shape index (κ2) is 13.5. The summed E-state index contributed by atoms with van der Waals surface area (Å²) in [7, 11) is 0. The van der Waals surface area contributed by atoms with Crippen molar-refractivity contribution in [3.05, 3.63) is 95.6 Å². The Bertz CT molecular complexity index is 1590. The Balaban J connectivity index is 1.06. The zero-order chi connectivity index (χ0) is 33.1. The fourth-order valence-electron chi connectivity index (χ4n) is 6.91. The van der Waals surface area contributed by atoms with Gasteiger partial charge in [-0.05, 0) is 61.4 Å². The number of hydrogen-bond donors (Lipinski definition) is 2. The van der Waals surface area contributed by atoms with Crippen molar-refractivity contribution < 1.29 is 28.7 Å². The Morgan fingerprint density at radius 1 is 0.809 bits per heavy atom. The fourth-order valence-corrected chi connectivity index (χ4v) is 6.91. The summed E-state index contributed by atoms with van der Waals surface area (Å²) in [5, 5.41) is 5.50. The van der Waals surface area contributed by atoms with Crippen molar-refractivity contribution in [2.24, 2.45) is 0 Å². The molecule has 3 fully saturated rings. The Labute approximate surface area is 275 Å². The summed E-state index contributed by atoms with van der Waals surface area (Å²) in [5.41, 5.74) is 4.70. The van der Waals surface area contributed by atoms with Gasteiger partial charge in [-0.15, -0.1) is 0 Å². The van der Waals surface area contributed by atoms with E-state index in [4.69, 9.17) is 9.47 Å². The van der Waals surface area contributed by atoms with Gasteiger partial charge < -0.3 is 29.9 Å². The Morgan fingerprint density at radius 3 is 1.98 bits per heavy atom. The molecule has 3 aromatic carbocycles. The SMILES string of the molecule is CC(C)(C)OC(=O)N1C[C@H]2CC[C@@H]1CN2C(=O)CNC(=O)[C@H](Cc1ccccc1)NC(=O)OCC1c2ccccc2-c2ccccc21. The van der Waals surface area contributed by atoms with Crippen LogP contribution in [-0.2, 0) is 25.5 Å². The number of fused-ring (bicyclic) bond motifs is 6. The molecule has 4 aliphatic rings. The average molecular weight is 639 g/mol. The maximum atomic E-state index is 13.5. The normalized spacial score (nSPS) is 19.0. The first kappa shape index (κ1) is 32.1. The van der Waals surface area contributed by atoms with Gasteiger partial charge in [0, 0.05) is 31.5 Å². The fraction of sp³-hybridized carbons (Fsp3) is 0.405. The summed E-state index contributed by atoms with van der Waals surface area (Å²) >= 11 is 0. The molecule has 10 heteroatoms. The molecule has 3 aromatic rings. The van der Waals surface area contributed by atoms with Crippen molar-refractivity contribution >= 4 is 24.0 Å². The molecular formula is C37H42N4O6. The lowest BCUT2D eigenvalue weighted by Gasteiger charge is -2.51. The molecule has 10 nitrogen and oxygen atoms in total. The minimum absolute atomic E-state index is 0.113. The predicted octanol–water partition coefficient (Wildman–Crippen LogP) is 4.86. The van der Waals surface area contributed by atoms with Crippen LogP contribution in [0.2, 0.25) is 0 Å². The number of carbonyl (C=O) groups is 4. The number of ether oxygens (including phenoxy) is 2. The first-order valence-electron chi connectivity index (χ1n) is 16.3. The Morgan fingerprint density at radius 2 is 1.38 bits per heavy atom. The lowest BCUT2D eigenvalue weighted by molar-refractivity contribution is -0.142. The molecule has 0 spiro atoms. The van der Waals surface area contributed by atoms with Crippen LogP contribution in [0.4, 0.5) is 9.59 Å². The molecule has 0 radical (unpaired) electrons. The first-order chi connectivity index (χ1) is 22.6. The van der Waals surface area contributed by atoms with E-state index in [0.717, 1.165) is 40.7 Å². The first-order valence-corrected chi connectivity index (χ1v) is 16.3. The summed E-state index contributed by atoms with van der Waals surface area (Å²) in [6.45, 7) is 6.20. The molecule has 3 saturated heterocycles. The number of benzene rings is 3. The molecule has 0 aromatic heterocycles. The van der Waals surface area contributed by atoms with E-state index in [9.17, 15) is 19.2 Å². The molecule has 3 heterocycles. The largest absolute Gasteiger partial charge is 0.449 e. The van der Waals surface area contributed by atoms with Crippen LogP contribution in [0, 0.1) is 0 Å². The monoisotopic (exact) mass is 638 g/mol. The van der Waals surface area contributed by atoms with Crippen LogP contribution < -0.4 is 10.6 Å². The van der Waals surface area contributed by atoms with Crippen LogP contribution in [0.15, 0.2) is 78.9 Å². The molecule has 47 heavy (non-hydrogen) atoms. The number of nitrogens with one attached hydrogen (secondary N) is 2. The maximum Gasteiger partial charge on any atom is 0.410 e. The number of piperidine rings is 2. The van der Waals surface area contributed by atoms with Crippen LogP contribution in [0.25, 0.3) is 11.1 Å².